The zero-order valence-corrected chi connectivity index (χ0v) is 76.4. The molecule has 9 heteroatoms. The van der Waals surface area contributed by atoms with E-state index >= 15 is 0 Å². The highest BCUT2D eigenvalue weighted by Gasteiger charge is 2.28. The quantitative estimate of drug-likeness (QED) is 0.137. The first-order valence-electron chi connectivity index (χ1n) is 48.3. The van der Waals surface area contributed by atoms with Crippen LogP contribution in [-0.4, -0.2) is 32.0 Å². The fourth-order valence-electron chi connectivity index (χ4n) is 23.3. The highest BCUT2D eigenvalue weighted by molar-refractivity contribution is 6.33. The number of fused-ring (bicyclic) bond motifs is 30. The molecule has 0 fully saturated rings. The summed E-state index contributed by atoms with van der Waals surface area (Å²) < 4.78 is 29.7. The zero-order chi connectivity index (χ0) is 92.4. The molecule has 0 amide bonds. The lowest BCUT2D eigenvalue weighted by Crippen LogP contribution is -1.94. The number of hydrogen-bond acceptors (Lipinski definition) is 2. The van der Waals surface area contributed by atoms with Gasteiger partial charge in [-0.25, -0.2) is 0 Å². The van der Waals surface area contributed by atoms with E-state index in [0.29, 0.717) is 0 Å². The molecule has 658 valence electrons. The molecule has 9 aromatic heterocycles. The number of aromatic nitrogens is 7. The van der Waals surface area contributed by atoms with Gasteiger partial charge < -0.3 is 40.8 Å². The van der Waals surface area contributed by atoms with Gasteiger partial charge in [0.25, 0.3) is 0 Å². The first kappa shape index (κ1) is 79.4. The molecule has 0 radical (unpaired) electrons. The second-order valence-electron chi connectivity index (χ2n) is 36.8. The summed E-state index contributed by atoms with van der Waals surface area (Å²) in [5.41, 5.74) is 35.6. The largest absolute Gasteiger partial charge is 0.455 e. The van der Waals surface area contributed by atoms with Gasteiger partial charge in [0.1, 0.15) is 22.3 Å². The smallest absolute Gasteiger partial charge is 0.143 e. The normalized spacial score (nSPS) is 12.0. The van der Waals surface area contributed by atoms with Crippen molar-refractivity contribution in [2.75, 3.05) is 0 Å². The van der Waals surface area contributed by atoms with Gasteiger partial charge >= 0.3 is 0 Å². The number of rotatable bonds is 10. The van der Waals surface area contributed by atoms with E-state index in [2.05, 4.69) is 517 Å². The van der Waals surface area contributed by atoms with E-state index in [9.17, 15) is 0 Å². The Morgan fingerprint density at radius 1 is 0.121 bits per heavy atom. The van der Waals surface area contributed by atoms with Crippen LogP contribution < -0.4 is 0 Å². The third kappa shape index (κ3) is 12.3. The summed E-state index contributed by atoms with van der Waals surface area (Å²) >= 11 is 0. The number of benzene rings is 22. The van der Waals surface area contributed by atoms with E-state index in [1.165, 1.54) is 181 Å². The monoisotopic (exact) mass is 1800 g/mol. The topological polar surface area (TPSA) is 60.8 Å². The molecule has 0 bridgehead atoms. The zero-order valence-electron chi connectivity index (χ0n) is 76.4. The minimum absolute atomic E-state index is 0.914. The van der Waals surface area contributed by atoms with Gasteiger partial charge in [0, 0.05) is 148 Å². The summed E-state index contributed by atoms with van der Waals surface area (Å²) in [4.78, 5) is 0. The lowest BCUT2D eigenvalue weighted by Gasteiger charge is -2.10. The van der Waals surface area contributed by atoms with Crippen LogP contribution in [0.1, 0.15) is 0 Å². The molecule has 0 aliphatic rings. The average Bonchev–Trinajstić information content (AvgIpc) is 1.55. The van der Waals surface area contributed by atoms with Gasteiger partial charge in [-0.3, -0.25) is 0 Å². The summed E-state index contributed by atoms with van der Waals surface area (Å²) in [5, 5.41) is 22.3. The maximum atomic E-state index is 6.48. The molecule has 9 heterocycles. The third-order valence-corrected chi connectivity index (χ3v) is 29.2. The molecule has 0 saturated carbocycles. The summed E-state index contributed by atoms with van der Waals surface area (Å²) in [7, 11) is 0. The first-order valence-corrected chi connectivity index (χ1v) is 48.3. The molecule has 22 aromatic carbocycles. The van der Waals surface area contributed by atoms with Crippen LogP contribution in [0.2, 0.25) is 0 Å². The first-order chi connectivity index (χ1) is 70.0. The highest BCUT2D eigenvalue weighted by Crippen LogP contribution is 2.50. The molecule has 0 aliphatic carbocycles. The van der Waals surface area contributed by atoms with Crippen LogP contribution in [0.25, 0.3) is 270 Å². The minimum atomic E-state index is 0.914. The molecule has 0 spiro atoms. The molecule has 0 saturated heterocycles. The number of nitrogens with zero attached hydrogens (tertiary/aromatic N) is 7. The minimum Gasteiger partial charge on any atom is -0.455 e. The van der Waals surface area contributed by atoms with Crippen molar-refractivity contribution in [3.8, 4) is 73.2 Å². The van der Waals surface area contributed by atoms with Crippen LogP contribution in [0.15, 0.2) is 512 Å². The lowest BCUT2D eigenvalue weighted by molar-refractivity contribution is 0.669. The molecule has 0 unspecified atom stereocenters. The van der Waals surface area contributed by atoms with Crippen molar-refractivity contribution in [1.82, 2.24) is 32.0 Å². The van der Waals surface area contributed by atoms with Crippen molar-refractivity contribution in [3.05, 3.63) is 504 Å². The molecule has 31 aromatic rings. The van der Waals surface area contributed by atoms with Crippen LogP contribution in [0, 0.1) is 0 Å². The maximum Gasteiger partial charge on any atom is 0.143 e. The molecule has 0 N–H and O–H groups in total. The van der Waals surface area contributed by atoms with Crippen LogP contribution in [0.5, 0.6) is 0 Å². The average molecular weight is 1800 g/mol. The fraction of sp³-hybridized carbons (Fsp3) is 0. The van der Waals surface area contributed by atoms with Crippen LogP contribution in [0.4, 0.5) is 0 Å². The second-order valence-corrected chi connectivity index (χ2v) is 36.8. The van der Waals surface area contributed by atoms with Crippen molar-refractivity contribution in [3.63, 3.8) is 0 Å². The van der Waals surface area contributed by atoms with Crippen LogP contribution in [0.3, 0.4) is 0 Å². The Kier molecular flexibility index (Phi) is 17.9. The number of hydrogen-bond donors (Lipinski definition) is 0. The van der Waals surface area contributed by atoms with Crippen LogP contribution >= 0.6 is 0 Å². The molecule has 0 aliphatic heterocycles. The summed E-state index contributed by atoms with van der Waals surface area (Å²) in [6, 6.07) is 181. The molecule has 141 heavy (non-hydrogen) atoms. The lowest BCUT2D eigenvalue weighted by atomic mass is 9.99. The van der Waals surface area contributed by atoms with Gasteiger partial charge in [0.15, 0.2) is 0 Å². The van der Waals surface area contributed by atoms with E-state index in [1.807, 2.05) is 18.2 Å². The Labute approximate surface area is 808 Å². The van der Waals surface area contributed by atoms with Crippen molar-refractivity contribution in [2.45, 2.75) is 0 Å². The standard InChI is InChI=1S/C48H31N3.2C42H26N2O/c1-4-14-34(15-5-1)49-41-22-12-10-20-37(41)39-30-32(24-26-43(39)49)33-25-27-44-40(31-33)48-46(51(44)36-18-8-3-9-19-36)29-28-45-47(48)38-21-11-13-23-42(38)50(45)35-16-6-2-7-17-35;1-3-12-28(13-4-1)43-35-20-9-7-17-33(35)40-37(43)24-25-38-41(40)34-26-27(22-23-36(34)44(38)29-14-5-2-6-15-29)30-18-11-19-32-31-16-8-10-21-39(31)45-42(30)32;1-2-11-28(12-3-1)43-35-18-7-4-14-33(35)40-37(43)25-26-38-41(40)34-15-5-8-19-36(34)44(38)29-23-21-27(22-24-29)30-16-10-17-32-31-13-6-9-20-39(31)45-42(30)32/h1-31H;2*1-26H. The van der Waals surface area contributed by atoms with E-state index in [-0.39, 0.29) is 0 Å². The Balaban J connectivity index is 0.000000102. The SMILES string of the molecule is c1ccc(-n2c3ccccc3c3c4c5cc(-c6cccc7c6oc6ccccc67)ccc5n(-c5ccccc5)c4ccc32)cc1.c1ccc(-n2c3ccccc3c3c4c5ccccc5n(-c5ccc(-c6cccc7c6oc6ccccc67)cc5)c4ccc32)cc1.c1ccc(-n2c3ccccc3c3cc(-c4ccc5c(c4)c4c6c7ccccc7n(-c7ccccc7)c6ccc4n5-c4ccccc4)ccc32)cc1. The fourth-order valence-corrected chi connectivity index (χ4v) is 23.3. The third-order valence-electron chi connectivity index (χ3n) is 29.2. The van der Waals surface area contributed by atoms with E-state index in [0.717, 1.165) is 88.9 Å². The molecule has 9 nitrogen and oxygen atoms in total. The maximum absolute atomic E-state index is 6.48. The summed E-state index contributed by atoms with van der Waals surface area (Å²) in [6.07, 6.45) is 0. The molecule has 0 atom stereocenters. The molecular formula is C132H83N7O2. The molecular weight excluding hydrogens is 1720 g/mol. The van der Waals surface area contributed by atoms with E-state index in [1.54, 1.807) is 0 Å². The molecule has 31 rings (SSSR count). The Morgan fingerprint density at radius 2 is 0.333 bits per heavy atom. The van der Waals surface area contributed by atoms with Crippen LogP contribution in [-0.2, 0) is 0 Å². The van der Waals surface area contributed by atoms with Gasteiger partial charge in [0.05, 0.1) is 77.2 Å². The van der Waals surface area contributed by atoms with Crippen molar-refractivity contribution in [2.24, 2.45) is 0 Å². The predicted molar refractivity (Wildman–Crippen MR) is 591 cm³/mol. The number of para-hydroxylation sites is 15. The van der Waals surface area contributed by atoms with Crippen molar-refractivity contribution < 1.29 is 8.83 Å². The summed E-state index contributed by atoms with van der Waals surface area (Å²) in [5.74, 6) is 0. The number of furan rings is 2. The van der Waals surface area contributed by atoms with Crippen molar-refractivity contribution in [1.29, 1.82) is 0 Å². The van der Waals surface area contributed by atoms with Gasteiger partial charge in [-0.2, -0.15) is 0 Å². The van der Waals surface area contributed by atoms with E-state index in [4.69, 9.17) is 8.83 Å². The highest BCUT2D eigenvalue weighted by atomic mass is 16.3. The Bertz CT molecular complexity index is 10500. The predicted octanol–water partition coefficient (Wildman–Crippen LogP) is 35.5. The van der Waals surface area contributed by atoms with E-state index < -0.39 is 0 Å². The Hall–Kier alpha value is -19.0. The van der Waals surface area contributed by atoms with Gasteiger partial charge in [0.2, 0.25) is 0 Å². The summed E-state index contributed by atoms with van der Waals surface area (Å²) in [6.45, 7) is 0. The van der Waals surface area contributed by atoms with Gasteiger partial charge in [-0.15, -0.1) is 0 Å². The Morgan fingerprint density at radius 3 is 0.674 bits per heavy atom. The van der Waals surface area contributed by atoms with Crippen molar-refractivity contribution >= 4 is 197 Å². The van der Waals surface area contributed by atoms with Gasteiger partial charge in [-0.05, 0) is 222 Å². The second kappa shape index (κ2) is 31.8. The van der Waals surface area contributed by atoms with Gasteiger partial charge in [-0.1, -0.05) is 303 Å².